The van der Waals surface area contributed by atoms with Crippen molar-refractivity contribution >= 4 is 10.1 Å². The maximum Gasteiger partial charge on any atom is 0.278 e. The van der Waals surface area contributed by atoms with Crippen molar-refractivity contribution < 1.29 is 27.2 Å². The second-order valence-electron chi connectivity index (χ2n) is 15.9. The summed E-state index contributed by atoms with van der Waals surface area (Å²) in [5, 5.41) is 6.31. The highest BCUT2D eigenvalue weighted by atomic mass is 32.2. The largest absolute Gasteiger partial charge is 0.378 e. The highest BCUT2D eigenvalue weighted by Crippen LogP contribution is 2.69. The van der Waals surface area contributed by atoms with Crippen LogP contribution in [-0.4, -0.2) is 89.7 Å². The monoisotopic (exact) mass is 687 g/mol. The van der Waals surface area contributed by atoms with Crippen LogP contribution in [0.4, 0.5) is 0 Å². The van der Waals surface area contributed by atoms with Gasteiger partial charge < -0.3 is 36.3 Å². The van der Waals surface area contributed by atoms with E-state index in [0.29, 0.717) is 68.2 Å². The fraction of sp³-hybridized carbons (Fsp3) is 1.00. The number of nitrogens with two attached hydrogens (primary N) is 2. The average molecular weight is 687 g/mol. The lowest BCUT2D eigenvalue weighted by Crippen LogP contribution is -2.63. The van der Waals surface area contributed by atoms with Gasteiger partial charge in [0.25, 0.3) is 10.1 Å². The fourth-order valence-corrected chi connectivity index (χ4v) is 11.2. The molecule has 0 bridgehead atoms. The molecule has 0 saturated heterocycles. The Morgan fingerprint density at radius 1 is 0.872 bits per heavy atom. The number of rotatable bonds is 21. The minimum absolute atomic E-state index is 0.135. The summed E-state index contributed by atoms with van der Waals surface area (Å²) < 4.78 is 51.2. The van der Waals surface area contributed by atoms with Crippen LogP contribution < -0.4 is 22.1 Å². The third-order valence-electron chi connectivity index (χ3n) is 13.2. The molecule has 4 saturated carbocycles. The van der Waals surface area contributed by atoms with E-state index in [1.165, 1.54) is 25.7 Å². The molecule has 47 heavy (non-hydrogen) atoms. The Bertz CT molecular complexity index is 1040. The molecule has 0 aromatic rings. The Kier molecular flexibility index (Phi) is 15.3. The van der Waals surface area contributed by atoms with Crippen LogP contribution in [0.25, 0.3) is 0 Å². The van der Waals surface area contributed by atoms with Crippen molar-refractivity contribution in [1.82, 2.24) is 10.6 Å². The Morgan fingerprint density at radius 2 is 1.57 bits per heavy atom. The van der Waals surface area contributed by atoms with Crippen molar-refractivity contribution in [3.05, 3.63) is 0 Å². The van der Waals surface area contributed by atoms with Crippen molar-refractivity contribution in [3.8, 4) is 0 Å². The summed E-state index contributed by atoms with van der Waals surface area (Å²) >= 11 is 0. The van der Waals surface area contributed by atoms with E-state index in [9.17, 15) is 8.42 Å². The van der Waals surface area contributed by atoms with E-state index < -0.39 is 16.0 Å². The van der Waals surface area contributed by atoms with Crippen LogP contribution in [0.5, 0.6) is 0 Å². The van der Waals surface area contributed by atoms with E-state index in [1.54, 1.807) is 0 Å². The summed E-state index contributed by atoms with van der Waals surface area (Å²) in [5.41, 5.74) is 12.3. The second-order valence-corrected chi connectivity index (χ2v) is 17.3. The van der Waals surface area contributed by atoms with E-state index in [2.05, 4.69) is 38.3 Å². The first-order valence-electron chi connectivity index (χ1n) is 19.1. The summed E-state index contributed by atoms with van der Waals surface area (Å²) in [6.07, 6.45) is 13.7. The lowest BCUT2D eigenvalue weighted by atomic mass is 9.43. The molecule has 0 heterocycles. The molecule has 276 valence electrons. The van der Waals surface area contributed by atoms with Gasteiger partial charge in [-0.3, -0.25) is 4.55 Å². The summed E-state index contributed by atoms with van der Waals surface area (Å²) in [4.78, 5) is 0. The number of nitrogens with one attached hydrogen (secondary N) is 2. The molecule has 3 unspecified atom stereocenters. The van der Waals surface area contributed by atoms with Crippen molar-refractivity contribution in [2.45, 2.75) is 123 Å². The van der Waals surface area contributed by atoms with E-state index in [4.69, 9.17) is 30.2 Å². The fourth-order valence-electron chi connectivity index (χ4n) is 10.8. The maximum absolute atomic E-state index is 11.0. The van der Waals surface area contributed by atoms with Gasteiger partial charge in [0.05, 0.1) is 18.3 Å². The first-order chi connectivity index (χ1) is 22.5. The Labute approximate surface area is 286 Å². The van der Waals surface area contributed by atoms with Crippen LogP contribution in [0.15, 0.2) is 0 Å². The van der Waals surface area contributed by atoms with Crippen molar-refractivity contribution in [1.29, 1.82) is 0 Å². The summed E-state index contributed by atoms with van der Waals surface area (Å²) in [7, 11) is -4.00. The number of hydrogen-bond acceptors (Lipinski definition) is 9. The second kappa shape index (κ2) is 18.2. The molecule has 0 spiro atoms. The Balaban J connectivity index is 1.52. The van der Waals surface area contributed by atoms with E-state index in [1.807, 2.05) is 0 Å². The smallest absolute Gasteiger partial charge is 0.278 e. The first-order valence-corrected chi connectivity index (χ1v) is 20.7. The molecule has 7 N–H and O–H groups in total. The van der Waals surface area contributed by atoms with Gasteiger partial charge in [-0.25, -0.2) is 0 Å². The van der Waals surface area contributed by atoms with Crippen molar-refractivity contribution in [2.24, 2.45) is 57.8 Å². The van der Waals surface area contributed by atoms with Gasteiger partial charge in [-0.15, -0.1) is 0 Å². The molecular weight excluding hydrogens is 616 g/mol. The molecule has 4 aliphatic rings. The van der Waals surface area contributed by atoms with E-state index in [0.717, 1.165) is 71.2 Å². The molecule has 4 fully saturated rings. The standard InChI is InChI=1S/C36H70N4O6S/c1-5-39-17-6-10-26(2)29-11-12-30-34-31(24-33(36(29,30)4)46-20-8-16-38)35(3)14-13-28(44-21-9-18-40-25-47(41,42)43)22-27(35)23-32(34)45-19-7-15-37/h26-34,39-40H,5-25,37-38H2,1-4H3,(H,41,42,43)/t26-,27+,28-,29-,30+,31?,32?,33+,34?,35+,36-/m1/s1. The van der Waals surface area contributed by atoms with Gasteiger partial charge in [0.15, 0.2) is 0 Å². The van der Waals surface area contributed by atoms with Crippen LogP contribution in [0.3, 0.4) is 0 Å². The van der Waals surface area contributed by atoms with Gasteiger partial charge in [0.2, 0.25) is 0 Å². The van der Waals surface area contributed by atoms with Gasteiger partial charge in [0, 0.05) is 25.2 Å². The topological polar surface area (TPSA) is 158 Å². The van der Waals surface area contributed by atoms with Gasteiger partial charge in [-0.1, -0.05) is 27.7 Å². The summed E-state index contributed by atoms with van der Waals surface area (Å²) in [5.74, 6) is 3.12. The molecule has 0 aromatic heterocycles. The van der Waals surface area contributed by atoms with Crippen LogP contribution in [0.1, 0.15) is 105 Å². The SMILES string of the molecule is CCNCCC[C@@H](C)[C@H]1CC[C@H]2C3C(OCCCN)C[C@@H]4C[C@H](OCCCNCS(=O)(=O)O)CC[C@]4(C)C3C[C@H](OCCCN)[C@]12C. The quantitative estimate of drug-likeness (QED) is 0.0856. The lowest BCUT2D eigenvalue weighted by Gasteiger charge is -2.65. The number of ether oxygens (including phenoxy) is 3. The highest BCUT2D eigenvalue weighted by Gasteiger charge is 2.66. The number of fused-ring (bicyclic) bond motifs is 5. The molecular formula is C36H70N4O6S. The molecule has 0 amide bonds. The van der Waals surface area contributed by atoms with Crippen LogP contribution in [-0.2, 0) is 24.3 Å². The van der Waals surface area contributed by atoms with Crippen LogP contribution >= 0.6 is 0 Å². The molecule has 0 radical (unpaired) electrons. The lowest BCUT2D eigenvalue weighted by molar-refractivity contribution is -0.227. The predicted molar refractivity (Wildman–Crippen MR) is 189 cm³/mol. The van der Waals surface area contributed by atoms with Gasteiger partial charge >= 0.3 is 0 Å². The predicted octanol–water partition coefficient (Wildman–Crippen LogP) is 4.57. The zero-order chi connectivity index (χ0) is 34.1. The van der Waals surface area contributed by atoms with Crippen molar-refractivity contribution in [3.63, 3.8) is 0 Å². The zero-order valence-corrected chi connectivity index (χ0v) is 30.9. The highest BCUT2D eigenvalue weighted by molar-refractivity contribution is 7.85. The van der Waals surface area contributed by atoms with E-state index >= 15 is 0 Å². The van der Waals surface area contributed by atoms with Gasteiger partial charge in [-0.2, -0.15) is 8.42 Å². The molecule has 4 rings (SSSR count). The van der Waals surface area contributed by atoms with Gasteiger partial charge in [-0.05, 0) is 151 Å². The van der Waals surface area contributed by atoms with Crippen LogP contribution in [0, 0.1) is 46.3 Å². The minimum atomic E-state index is -4.00. The van der Waals surface area contributed by atoms with Crippen LogP contribution in [0.2, 0.25) is 0 Å². The summed E-state index contributed by atoms with van der Waals surface area (Å²) in [6.45, 7) is 15.9. The molecule has 0 aliphatic heterocycles. The molecule has 11 atom stereocenters. The Morgan fingerprint density at radius 3 is 2.28 bits per heavy atom. The van der Waals surface area contributed by atoms with E-state index in [-0.39, 0.29) is 29.1 Å². The first kappa shape index (κ1) is 39.4. The summed E-state index contributed by atoms with van der Waals surface area (Å²) in [6, 6.07) is 0. The molecule has 4 aliphatic carbocycles. The molecule has 11 heteroatoms. The molecule has 10 nitrogen and oxygen atoms in total. The van der Waals surface area contributed by atoms with Crippen molar-refractivity contribution in [2.75, 3.05) is 58.4 Å². The third kappa shape index (κ3) is 9.70. The minimum Gasteiger partial charge on any atom is -0.378 e. The normalized spacial score (nSPS) is 37.7. The zero-order valence-electron chi connectivity index (χ0n) is 30.1. The third-order valence-corrected chi connectivity index (χ3v) is 13.8. The average Bonchev–Trinajstić information content (AvgIpc) is 3.39. The number of hydrogen-bond donors (Lipinski definition) is 5. The van der Waals surface area contributed by atoms with Gasteiger partial charge in [0.1, 0.15) is 5.88 Å². The Hall–Kier alpha value is -0.370. The molecule has 0 aromatic carbocycles. The maximum atomic E-state index is 11.0.